The van der Waals surface area contributed by atoms with Crippen LogP contribution in [0.2, 0.25) is 0 Å². The summed E-state index contributed by atoms with van der Waals surface area (Å²) in [6, 6.07) is 13.2. The molecule has 2 aliphatic heterocycles. The third-order valence-electron chi connectivity index (χ3n) is 4.66. The van der Waals surface area contributed by atoms with E-state index in [0.717, 1.165) is 30.9 Å². The number of hydrogen-bond acceptors (Lipinski definition) is 3. The van der Waals surface area contributed by atoms with Crippen LogP contribution in [0.3, 0.4) is 0 Å². The first-order valence-electron chi connectivity index (χ1n) is 7.94. The Morgan fingerprint density at radius 3 is 2.65 bits per heavy atom. The molecule has 0 aromatic heterocycles. The molecule has 2 aliphatic rings. The maximum absolute atomic E-state index is 5.95. The smallest absolute Gasteiger partial charge is 0.123 e. The Bertz CT molecular complexity index is 699. The van der Waals surface area contributed by atoms with Gasteiger partial charge in [0.2, 0.25) is 0 Å². The average molecular weight is 331 g/mol. The number of ether oxygens (including phenoxy) is 2. The van der Waals surface area contributed by atoms with Crippen LogP contribution in [0, 0.1) is 0 Å². The second-order valence-electron chi connectivity index (χ2n) is 6.20. The largest absolute Gasteiger partial charge is 1.00 e. The summed E-state index contributed by atoms with van der Waals surface area (Å²) >= 11 is 0. The summed E-state index contributed by atoms with van der Waals surface area (Å²) in [4.78, 5) is 0. The van der Waals surface area contributed by atoms with Crippen molar-refractivity contribution in [2.24, 2.45) is 0 Å². The Hall–Kier alpha value is -1.71. The van der Waals surface area contributed by atoms with E-state index in [1.807, 2.05) is 12.1 Å². The van der Waals surface area contributed by atoms with Crippen LogP contribution >= 0.6 is 0 Å². The molecule has 23 heavy (non-hydrogen) atoms. The maximum atomic E-state index is 5.95. The van der Waals surface area contributed by atoms with E-state index in [0.29, 0.717) is 6.10 Å². The van der Waals surface area contributed by atoms with Gasteiger partial charge in [0.15, 0.2) is 0 Å². The molecule has 0 amide bonds. The van der Waals surface area contributed by atoms with Crippen molar-refractivity contribution in [2.45, 2.75) is 31.9 Å². The Morgan fingerprint density at radius 1 is 1.13 bits per heavy atom. The zero-order valence-electron chi connectivity index (χ0n) is 13.4. The third-order valence-corrected chi connectivity index (χ3v) is 4.66. The summed E-state index contributed by atoms with van der Waals surface area (Å²) in [6.07, 6.45) is 2.42. The molecule has 0 radical (unpaired) electrons. The minimum Gasteiger partial charge on any atom is -1.00 e. The summed E-state index contributed by atoms with van der Waals surface area (Å²) in [7, 11) is 1.70. The molecule has 0 saturated carbocycles. The first-order chi connectivity index (χ1) is 10.7. The second kappa shape index (κ2) is 6.42. The monoisotopic (exact) mass is 330 g/mol. The Balaban J connectivity index is 0.00000156. The molecule has 0 saturated heterocycles. The standard InChI is InChI=1S/C19H21NO2.ClH/c1-12-9-15-10-14-7-8-20-19(17(14)11-18(15)22-12)13-3-5-16(21-2)6-4-13;/h3-6,10-12,19-20H,7-9H2,1-2H3;1H/p-1. The Labute approximate surface area is 143 Å². The minimum atomic E-state index is 0. The molecule has 2 unspecified atom stereocenters. The molecular weight excluding hydrogens is 310 g/mol. The SMILES string of the molecule is COc1ccc(C2NCCc3cc4c(cc32)OC(C)C4)cc1.[Cl-]. The van der Waals surface area contributed by atoms with Crippen LogP contribution in [0.25, 0.3) is 0 Å². The van der Waals surface area contributed by atoms with Crippen LogP contribution in [0.4, 0.5) is 0 Å². The highest BCUT2D eigenvalue weighted by molar-refractivity contribution is 5.50. The van der Waals surface area contributed by atoms with Crippen LogP contribution in [-0.4, -0.2) is 19.8 Å². The lowest BCUT2D eigenvalue weighted by Crippen LogP contribution is -3.00. The van der Waals surface area contributed by atoms with Crippen molar-refractivity contribution in [2.75, 3.05) is 13.7 Å². The first-order valence-corrected chi connectivity index (χ1v) is 7.94. The van der Waals surface area contributed by atoms with Crippen LogP contribution in [0.1, 0.15) is 35.2 Å². The fourth-order valence-corrected chi connectivity index (χ4v) is 3.57. The van der Waals surface area contributed by atoms with Crippen molar-refractivity contribution in [3.8, 4) is 11.5 Å². The zero-order chi connectivity index (χ0) is 15.1. The minimum absolute atomic E-state index is 0. The zero-order valence-corrected chi connectivity index (χ0v) is 14.2. The predicted molar refractivity (Wildman–Crippen MR) is 86.8 cm³/mol. The average Bonchev–Trinajstić information content (AvgIpc) is 2.91. The number of nitrogens with one attached hydrogen (secondary N) is 1. The molecule has 0 fully saturated rings. The van der Waals surface area contributed by atoms with Crippen LogP contribution in [-0.2, 0) is 12.8 Å². The molecule has 2 aromatic rings. The fraction of sp³-hybridized carbons (Fsp3) is 0.368. The lowest BCUT2D eigenvalue weighted by atomic mass is 9.88. The van der Waals surface area contributed by atoms with E-state index in [1.165, 1.54) is 22.3 Å². The number of hydrogen-bond donors (Lipinski definition) is 1. The predicted octanol–water partition coefficient (Wildman–Crippen LogP) is 0.258. The molecule has 0 bridgehead atoms. The topological polar surface area (TPSA) is 30.5 Å². The number of benzene rings is 2. The number of halogens is 1. The van der Waals surface area contributed by atoms with E-state index >= 15 is 0 Å². The first kappa shape index (κ1) is 16.2. The molecule has 4 heteroatoms. The van der Waals surface area contributed by atoms with Gasteiger partial charge in [-0.25, -0.2) is 0 Å². The molecule has 4 rings (SSSR count). The normalized spacial score (nSPS) is 21.7. The van der Waals surface area contributed by atoms with Gasteiger partial charge >= 0.3 is 0 Å². The van der Waals surface area contributed by atoms with Gasteiger partial charge in [-0.15, -0.1) is 0 Å². The lowest BCUT2D eigenvalue weighted by molar-refractivity contribution is -0.00000581. The molecule has 2 atom stereocenters. The van der Waals surface area contributed by atoms with E-state index in [9.17, 15) is 0 Å². The van der Waals surface area contributed by atoms with E-state index in [1.54, 1.807) is 7.11 Å². The molecule has 1 N–H and O–H groups in total. The van der Waals surface area contributed by atoms with Crippen molar-refractivity contribution in [1.82, 2.24) is 5.32 Å². The number of methoxy groups -OCH3 is 1. The molecule has 0 spiro atoms. The highest BCUT2D eigenvalue weighted by Crippen LogP contribution is 2.37. The maximum Gasteiger partial charge on any atom is 0.123 e. The van der Waals surface area contributed by atoms with Crippen LogP contribution in [0.5, 0.6) is 11.5 Å². The van der Waals surface area contributed by atoms with E-state index in [4.69, 9.17) is 9.47 Å². The van der Waals surface area contributed by atoms with E-state index < -0.39 is 0 Å². The van der Waals surface area contributed by atoms with Crippen molar-refractivity contribution < 1.29 is 21.9 Å². The van der Waals surface area contributed by atoms with Crippen LogP contribution in [0.15, 0.2) is 36.4 Å². The Morgan fingerprint density at radius 2 is 1.91 bits per heavy atom. The van der Waals surface area contributed by atoms with Gasteiger partial charge in [0.05, 0.1) is 13.2 Å². The summed E-state index contributed by atoms with van der Waals surface area (Å²) in [5.41, 5.74) is 5.44. The van der Waals surface area contributed by atoms with Gasteiger partial charge in [-0.05, 0) is 53.8 Å². The molecule has 3 nitrogen and oxygen atoms in total. The fourth-order valence-electron chi connectivity index (χ4n) is 3.57. The third kappa shape index (κ3) is 2.91. The van der Waals surface area contributed by atoms with Crippen molar-refractivity contribution in [1.29, 1.82) is 0 Å². The van der Waals surface area contributed by atoms with Gasteiger partial charge in [0.25, 0.3) is 0 Å². The summed E-state index contributed by atoms with van der Waals surface area (Å²) in [6.45, 7) is 3.15. The van der Waals surface area contributed by atoms with Gasteiger partial charge in [0.1, 0.15) is 17.6 Å². The molecule has 2 heterocycles. The van der Waals surface area contributed by atoms with Gasteiger partial charge < -0.3 is 27.2 Å². The second-order valence-corrected chi connectivity index (χ2v) is 6.20. The van der Waals surface area contributed by atoms with E-state index in [-0.39, 0.29) is 18.4 Å². The van der Waals surface area contributed by atoms with Gasteiger partial charge in [-0.1, -0.05) is 18.2 Å². The molecule has 0 aliphatic carbocycles. The lowest BCUT2D eigenvalue weighted by Gasteiger charge is -2.28. The van der Waals surface area contributed by atoms with Gasteiger partial charge in [-0.2, -0.15) is 0 Å². The van der Waals surface area contributed by atoms with Crippen molar-refractivity contribution in [3.05, 3.63) is 58.7 Å². The van der Waals surface area contributed by atoms with Gasteiger partial charge in [-0.3, -0.25) is 0 Å². The summed E-state index contributed by atoms with van der Waals surface area (Å²) in [5, 5.41) is 3.64. The molecule has 122 valence electrons. The Kier molecular flexibility index (Phi) is 4.51. The van der Waals surface area contributed by atoms with Gasteiger partial charge in [0, 0.05) is 13.0 Å². The van der Waals surface area contributed by atoms with Crippen molar-refractivity contribution >= 4 is 0 Å². The molecular formula is C19H21ClNO2-. The quantitative estimate of drug-likeness (QED) is 0.857. The van der Waals surface area contributed by atoms with Crippen molar-refractivity contribution in [3.63, 3.8) is 0 Å². The number of fused-ring (bicyclic) bond motifs is 2. The number of rotatable bonds is 2. The summed E-state index contributed by atoms with van der Waals surface area (Å²) < 4.78 is 11.2. The van der Waals surface area contributed by atoms with Crippen LogP contribution < -0.4 is 27.2 Å². The molecule has 2 aromatic carbocycles. The highest BCUT2D eigenvalue weighted by Gasteiger charge is 2.27. The highest BCUT2D eigenvalue weighted by atomic mass is 35.5. The van der Waals surface area contributed by atoms with E-state index in [2.05, 4.69) is 36.5 Å². The summed E-state index contributed by atoms with van der Waals surface area (Å²) in [5.74, 6) is 1.96.